The van der Waals surface area contributed by atoms with Gasteiger partial charge in [0.1, 0.15) is 11.3 Å². The van der Waals surface area contributed by atoms with Crippen LogP contribution < -0.4 is 5.32 Å². The number of rotatable bonds is 4. The Bertz CT molecular complexity index is 700. The summed E-state index contributed by atoms with van der Waals surface area (Å²) in [5, 5.41) is 21.3. The second kappa shape index (κ2) is 6.28. The fraction of sp³-hybridized carbons (Fsp3) is 0.0667. The summed E-state index contributed by atoms with van der Waals surface area (Å²) in [7, 11) is 0. The van der Waals surface area contributed by atoms with E-state index in [1.165, 1.54) is 18.2 Å². The zero-order valence-corrected chi connectivity index (χ0v) is 11.6. The van der Waals surface area contributed by atoms with E-state index in [0.29, 0.717) is 5.56 Å². The van der Waals surface area contributed by atoms with E-state index >= 15 is 0 Å². The molecule has 0 atom stereocenters. The van der Waals surface area contributed by atoms with E-state index in [0.717, 1.165) is 0 Å². The summed E-state index contributed by atoms with van der Waals surface area (Å²) in [5.74, 6) is -1.66. The normalized spacial score (nSPS) is 10.1. The molecule has 0 aliphatic carbocycles. The molecule has 0 aliphatic heterocycles. The Labute approximate surface area is 125 Å². The van der Waals surface area contributed by atoms with Crippen LogP contribution in [0.3, 0.4) is 0 Å². The quantitative estimate of drug-likeness (QED) is 0.810. The summed E-state index contributed by atoms with van der Waals surface area (Å²) >= 11 is 5.82. The number of nitrogens with one attached hydrogen (secondary N) is 1. The summed E-state index contributed by atoms with van der Waals surface area (Å²) < 4.78 is 0. The molecule has 21 heavy (non-hydrogen) atoms. The molecule has 0 saturated heterocycles. The number of carboxylic acids is 1. The van der Waals surface area contributed by atoms with Gasteiger partial charge in [-0.15, -0.1) is 0 Å². The van der Waals surface area contributed by atoms with E-state index in [1.54, 1.807) is 24.3 Å². The number of phenolic OH excluding ortho intramolecular Hbond substituents is 1. The van der Waals surface area contributed by atoms with Crippen LogP contribution in [0.4, 0.5) is 5.69 Å². The van der Waals surface area contributed by atoms with Crippen molar-refractivity contribution in [3.8, 4) is 5.75 Å². The Hall–Kier alpha value is -2.53. The van der Waals surface area contributed by atoms with Crippen LogP contribution in [-0.4, -0.2) is 22.1 Å². The molecule has 0 spiro atoms. The third kappa shape index (κ3) is 3.52. The lowest BCUT2D eigenvalue weighted by Crippen LogP contribution is -2.17. The van der Waals surface area contributed by atoms with Crippen LogP contribution >= 0.6 is 11.6 Å². The summed E-state index contributed by atoms with van der Waals surface area (Å²) in [4.78, 5) is 23.1. The highest BCUT2D eigenvalue weighted by molar-refractivity contribution is 6.34. The van der Waals surface area contributed by atoms with Crippen LogP contribution in [0.1, 0.15) is 15.9 Å². The van der Waals surface area contributed by atoms with Crippen molar-refractivity contribution in [2.24, 2.45) is 0 Å². The van der Waals surface area contributed by atoms with Gasteiger partial charge in [-0.3, -0.25) is 4.79 Å². The third-order valence-corrected chi connectivity index (χ3v) is 3.16. The SMILES string of the molecule is O=C(Cc1ccccc1O)Nc1cccc(Cl)c1C(=O)O. The van der Waals surface area contributed by atoms with Crippen LogP contribution in [0.5, 0.6) is 5.75 Å². The molecule has 6 heteroatoms. The number of carbonyl (C=O) groups excluding carboxylic acids is 1. The molecule has 5 nitrogen and oxygen atoms in total. The highest BCUT2D eigenvalue weighted by Crippen LogP contribution is 2.25. The molecule has 0 aromatic heterocycles. The Morgan fingerprint density at radius 1 is 1.10 bits per heavy atom. The second-order valence-corrected chi connectivity index (χ2v) is 4.73. The van der Waals surface area contributed by atoms with E-state index in [4.69, 9.17) is 16.7 Å². The first kappa shape index (κ1) is 14.9. The minimum atomic E-state index is -1.22. The van der Waals surface area contributed by atoms with Gasteiger partial charge in [0.05, 0.1) is 17.1 Å². The Kier molecular flexibility index (Phi) is 4.45. The van der Waals surface area contributed by atoms with Crippen molar-refractivity contribution in [2.45, 2.75) is 6.42 Å². The molecule has 0 radical (unpaired) electrons. The fourth-order valence-electron chi connectivity index (χ4n) is 1.87. The smallest absolute Gasteiger partial charge is 0.339 e. The van der Waals surface area contributed by atoms with Gasteiger partial charge in [0.15, 0.2) is 0 Å². The monoisotopic (exact) mass is 305 g/mol. The molecule has 1 amide bonds. The van der Waals surface area contributed by atoms with Crippen molar-refractivity contribution in [1.29, 1.82) is 0 Å². The maximum absolute atomic E-state index is 12.0. The van der Waals surface area contributed by atoms with Crippen molar-refractivity contribution >= 4 is 29.2 Å². The first-order valence-corrected chi connectivity index (χ1v) is 6.45. The van der Waals surface area contributed by atoms with Gasteiger partial charge in [0, 0.05) is 5.56 Å². The van der Waals surface area contributed by atoms with E-state index in [-0.39, 0.29) is 28.4 Å². The van der Waals surface area contributed by atoms with Crippen molar-refractivity contribution in [3.05, 3.63) is 58.6 Å². The predicted octanol–water partition coefficient (Wildman–Crippen LogP) is 2.93. The van der Waals surface area contributed by atoms with Crippen molar-refractivity contribution in [1.82, 2.24) is 0 Å². The molecule has 0 aliphatic rings. The largest absolute Gasteiger partial charge is 0.508 e. The average molecular weight is 306 g/mol. The van der Waals surface area contributed by atoms with Gasteiger partial charge in [-0.1, -0.05) is 35.9 Å². The topological polar surface area (TPSA) is 86.6 Å². The summed E-state index contributed by atoms with van der Waals surface area (Å²) in [6.07, 6.45) is -0.0712. The summed E-state index contributed by atoms with van der Waals surface area (Å²) in [5.41, 5.74) is 0.411. The van der Waals surface area contributed by atoms with Crippen molar-refractivity contribution in [2.75, 3.05) is 5.32 Å². The predicted molar refractivity (Wildman–Crippen MR) is 78.9 cm³/mol. The number of hydrogen-bond acceptors (Lipinski definition) is 3. The molecule has 0 bridgehead atoms. The van der Waals surface area contributed by atoms with Gasteiger partial charge in [-0.25, -0.2) is 4.79 Å². The summed E-state index contributed by atoms with van der Waals surface area (Å²) in [6.45, 7) is 0. The molecule has 0 unspecified atom stereocenters. The maximum Gasteiger partial charge on any atom is 0.339 e. The van der Waals surface area contributed by atoms with Crippen LogP contribution in [0.2, 0.25) is 5.02 Å². The Balaban J connectivity index is 2.19. The number of amides is 1. The average Bonchev–Trinajstić information content (AvgIpc) is 2.41. The molecule has 3 N–H and O–H groups in total. The van der Waals surface area contributed by atoms with Crippen LogP contribution in [0.15, 0.2) is 42.5 Å². The van der Waals surface area contributed by atoms with Gasteiger partial charge < -0.3 is 15.5 Å². The molecule has 0 fully saturated rings. The number of phenols is 1. The molecule has 108 valence electrons. The first-order chi connectivity index (χ1) is 9.99. The number of aromatic carboxylic acids is 1. The number of anilines is 1. The van der Waals surface area contributed by atoms with Gasteiger partial charge in [-0.05, 0) is 18.2 Å². The highest BCUT2D eigenvalue weighted by Gasteiger charge is 2.16. The van der Waals surface area contributed by atoms with Gasteiger partial charge >= 0.3 is 5.97 Å². The number of benzene rings is 2. The molecular formula is C15H12ClNO4. The number of para-hydroxylation sites is 1. The zero-order valence-electron chi connectivity index (χ0n) is 10.8. The number of carbonyl (C=O) groups is 2. The molecule has 2 aromatic rings. The van der Waals surface area contributed by atoms with Gasteiger partial charge in [0.25, 0.3) is 0 Å². The zero-order chi connectivity index (χ0) is 15.4. The molecule has 2 aromatic carbocycles. The van der Waals surface area contributed by atoms with Crippen LogP contribution in [0, 0.1) is 0 Å². The minimum absolute atomic E-state index is 0.0113. The number of halogens is 1. The van der Waals surface area contributed by atoms with E-state index in [2.05, 4.69) is 5.32 Å². The van der Waals surface area contributed by atoms with E-state index < -0.39 is 11.9 Å². The molecule has 0 heterocycles. The molecular weight excluding hydrogens is 294 g/mol. The lowest BCUT2D eigenvalue weighted by molar-refractivity contribution is -0.115. The molecule has 2 rings (SSSR count). The van der Waals surface area contributed by atoms with Gasteiger partial charge in [0.2, 0.25) is 5.91 Å². The van der Waals surface area contributed by atoms with Crippen LogP contribution in [0.25, 0.3) is 0 Å². The van der Waals surface area contributed by atoms with E-state index in [1.807, 2.05) is 0 Å². The standard InChI is InChI=1S/C15H12ClNO4/c16-10-5-3-6-11(14(10)15(20)21)17-13(19)8-9-4-1-2-7-12(9)18/h1-7,18H,8H2,(H,17,19)(H,20,21). The lowest BCUT2D eigenvalue weighted by Gasteiger charge is -2.10. The number of carboxylic acid groups (broad SMARTS) is 1. The van der Waals surface area contributed by atoms with Crippen molar-refractivity contribution < 1.29 is 19.8 Å². The maximum atomic E-state index is 12.0. The fourth-order valence-corrected chi connectivity index (χ4v) is 2.13. The number of aromatic hydroxyl groups is 1. The second-order valence-electron chi connectivity index (χ2n) is 4.32. The molecule has 0 saturated carbocycles. The van der Waals surface area contributed by atoms with Gasteiger partial charge in [-0.2, -0.15) is 0 Å². The summed E-state index contributed by atoms with van der Waals surface area (Å²) in [6, 6.07) is 10.9. The van der Waals surface area contributed by atoms with E-state index in [9.17, 15) is 14.7 Å². The highest BCUT2D eigenvalue weighted by atomic mass is 35.5. The number of hydrogen-bond donors (Lipinski definition) is 3. The van der Waals surface area contributed by atoms with Crippen LogP contribution in [-0.2, 0) is 11.2 Å². The first-order valence-electron chi connectivity index (χ1n) is 6.07. The Morgan fingerprint density at radius 2 is 1.81 bits per heavy atom. The third-order valence-electron chi connectivity index (χ3n) is 2.84. The lowest BCUT2D eigenvalue weighted by atomic mass is 10.1. The van der Waals surface area contributed by atoms with Crippen molar-refractivity contribution in [3.63, 3.8) is 0 Å². The Morgan fingerprint density at radius 3 is 2.48 bits per heavy atom. The minimum Gasteiger partial charge on any atom is -0.508 e.